The van der Waals surface area contributed by atoms with Crippen LogP contribution in [-0.4, -0.2) is 39.9 Å². The maximum Gasteiger partial charge on any atom is 0.369 e. The van der Waals surface area contributed by atoms with Crippen LogP contribution >= 0.6 is 11.3 Å². The number of aromatic nitrogens is 4. The van der Waals surface area contributed by atoms with Crippen LogP contribution in [0.5, 0.6) is 11.5 Å². The van der Waals surface area contributed by atoms with E-state index in [2.05, 4.69) is 15.7 Å². The van der Waals surface area contributed by atoms with Crippen molar-refractivity contribution in [1.29, 1.82) is 0 Å². The summed E-state index contributed by atoms with van der Waals surface area (Å²) in [6, 6.07) is 8.92. The second-order valence-electron chi connectivity index (χ2n) is 5.25. The van der Waals surface area contributed by atoms with Gasteiger partial charge in [-0.25, -0.2) is 4.79 Å². The smallest absolute Gasteiger partial charge is 0.369 e. The Hall–Kier alpha value is -3.14. The Kier molecular flexibility index (Phi) is 5.32. The minimum atomic E-state index is -0.464. The Morgan fingerprint density at radius 2 is 2.00 bits per heavy atom. The summed E-state index contributed by atoms with van der Waals surface area (Å²) >= 11 is 1.36. The Labute approximate surface area is 152 Å². The molecular weight excluding hydrogens is 358 g/mol. The molecule has 0 saturated carbocycles. The van der Waals surface area contributed by atoms with Crippen molar-refractivity contribution >= 4 is 17.2 Å². The summed E-state index contributed by atoms with van der Waals surface area (Å²) in [6.45, 7) is 0.0739. The Morgan fingerprint density at radius 1 is 1.19 bits per heavy atom. The number of benzene rings is 1. The zero-order chi connectivity index (χ0) is 18.5. The highest BCUT2D eigenvalue weighted by Crippen LogP contribution is 2.27. The van der Waals surface area contributed by atoms with E-state index in [4.69, 9.17) is 9.47 Å². The van der Waals surface area contributed by atoms with E-state index in [0.29, 0.717) is 16.5 Å². The summed E-state index contributed by atoms with van der Waals surface area (Å²) in [5.74, 6) is 0.841. The number of nitrogens with zero attached hydrogens (tertiary/aromatic N) is 4. The summed E-state index contributed by atoms with van der Waals surface area (Å²) in [5, 5.41) is 12.7. The molecule has 0 aliphatic rings. The molecule has 136 valence electrons. The lowest BCUT2D eigenvalue weighted by molar-refractivity contribution is -0.122. The highest BCUT2D eigenvalue weighted by atomic mass is 32.1. The molecule has 0 aliphatic heterocycles. The molecule has 0 atom stereocenters. The Balaban J connectivity index is 1.62. The van der Waals surface area contributed by atoms with E-state index in [-0.39, 0.29) is 19.0 Å². The Bertz CT molecular complexity index is 948. The molecule has 2 heterocycles. The molecule has 0 fully saturated rings. The van der Waals surface area contributed by atoms with Crippen molar-refractivity contribution in [3.63, 3.8) is 0 Å². The van der Waals surface area contributed by atoms with Crippen molar-refractivity contribution in [2.75, 3.05) is 14.2 Å². The first kappa shape index (κ1) is 17.7. The number of nitrogens with one attached hydrogen (secondary N) is 1. The molecule has 26 heavy (non-hydrogen) atoms. The van der Waals surface area contributed by atoms with Crippen molar-refractivity contribution < 1.29 is 14.3 Å². The molecule has 10 heteroatoms. The second kappa shape index (κ2) is 7.83. The van der Waals surface area contributed by atoms with E-state index < -0.39 is 5.69 Å². The highest BCUT2D eigenvalue weighted by molar-refractivity contribution is 7.12. The van der Waals surface area contributed by atoms with Crippen molar-refractivity contribution in [1.82, 2.24) is 25.1 Å². The highest BCUT2D eigenvalue weighted by Gasteiger charge is 2.13. The van der Waals surface area contributed by atoms with Gasteiger partial charge in [-0.1, -0.05) is 6.07 Å². The molecule has 9 nitrogen and oxygen atoms in total. The largest absolute Gasteiger partial charge is 0.493 e. The SMILES string of the molecule is COc1ccc(CNC(=O)Cn2nnn(-c3cccs3)c2=O)cc1OC. The van der Waals surface area contributed by atoms with E-state index in [1.165, 1.54) is 11.3 Å². The lowest BCUT2D eigenvalue weighted by Crippen LogP contribution is -2.33. The first-order valence-electron chi connectivity index (χ1n) is 7.66. The van der Waals surface area contributed by atoms with Crippen LogP contribution in [0.15, 0.2) is 40.5 Å². The minimum absolute atomic E-state index is 0.211. The quantitative estimate of drug-likeness (QED) is 0.656. The van der Waals surface area contributed by atoms with Gasteiger partial charge in [0, 0.05) is 6.54 Å². The van der Waals surface area contributed by atoms with Gasteiger partial charge in [-0.2, -0.15) is 9.36 Å². The molecular formula is C16H17N5O4S. The number of hydrogen-bond donors (Lipinski definition) is 1. The fourth-order valence-corrected chi connectivity index (χ4v) is 2.95. The lowest BCUT2D eigenvalue weighted by Gasteiger charge is -2.10. The first-order valence-corrected chi connectivity index (χ1v) is 8.54. The molecule has 0 radical (unpaired) electrons. The number of rotatable bonds is 7. The Morgan fingerprint density at radius 3 is 2.69 bits per heavy atom. The summed E-state index contributed by atoms with van der Waals surface area (Å²) < 4.78 is 12.6. The van der Waals surface area contributed by atoms with Crippen LogP contribution in [0.4, 0.5) is 0 Å². The molecule has 3 rings (SSSR count). The van der Waals surface area contributed by atoms with Gasteiger partial charge in [-0.05, 0) is 45.6 Å². The average molecular weight is 375 g/mol. The van der Waals surface area contributed by atoms with Gasteiger partial charge in [0.05, 0.1) is 14.2 Å². The van der Waals surface area contributed by atoms with Gasteiger partial charge in [0.1, 0.15) is 11.5 Å². The maximum atomic E-state index is 12.2. The third-order valence-corrected chi connectivity index (χ3v) is 4.43. The molecule has 0 unspecified atom stereocenters. The predicted octanol–water partition coefficient (Wildman–Crippen LogP) is 0.824. The predicted molar refractivity (Wildman–Crippen MR) is 94.9 cm³/mol. The van der Waals surface area contributed by atoms with E-state index >= 15 is 0 Å². The van der Waals surface area contributed by atoms with Gasteiger partial charge in [0.15, 0.2) is 11.5 Å². The maximum absolute atomic E-state index is 12.2. The molecule has 1 aromatic carbocycles. The lowest BCUT2D eigenvalue weighted by atomic mass is 10.2. The zero-order valence-corrected chi connectivity index (χ0v) is 15.0. The fourth-order valence-electron chi connectivity index (χ4n) is 2.29. The van der Waals surface area contributed by atoms with E-state index in [0.717, 1.165) is 14.9 Å². The molecule has 1 amide bonds. The minimum Gasteiger partial charge on any atom is -0.493 e. The number of carbonyl (C=O) groups excluding carboxylic acids is 1. The molecule has 0 spiro atoms. The van der Waals surface area contributed by atoms with E-state index in [1.54, 1.807) is 38.5 Å². The zero-order valence-electron chi connectivity index (χ0n) is 14.2. The van der Waals surface area contributed by atoms with Gasteiger partial charge in [-0.3, -0.25) is 4.79 Å². The van der Waals surface area contributed by atoms with Crippen molar-refractivity contribution in [2.24, 2.45) is 0 Å². The van der Waals surface area contributed by atoms with Gasteiger partial charge >= 0.3 is 5.69 Å². The number of carbonyl (C=O) groups is 1. The second-order valence-corrected chi connectivity index (χ2v) is 6.17. The number of thiophene rings is 1. The average Bonchev–Trinajstić information content (AvgIpc) is 3.30. The number of tetrazole rings is 1. The van der Waals surface area contributed by atoms with Crippen molar-refractivity contribution in [3.05, 3.63) is 51.8 Å². The van der Waals surface area contributed by atoms with Crippen LogP contribution in [0, 0.1) is 0 Å². The molecule has 1 N–H and O–H groups in total. The fraction of sp³-hybridized carbons (Fsp3) is 0.250. The number of ether oxygens (including phenoxy) is 2. The summed E-state index contributed by atoms with van der Waals surface area (Å²) in [7, 11) is 3.10. The topological polar surface area (TPSA) is 100 Å². The normalized spacial score (nSPS) is 10.5. The standard InChI is InChI=1S/C16H17N5O4S/c1-24-12-6-5-11(8-13(12)25-2)9-17-14(22)10-20-16(23)21(19-18-20)15-4-3-7-26-15/h3-8H,9-10H2,1-2H3,(H,17,22). The molecule has 0 saturated heterocycles. The van der Waals surface area contributed by atoms with E-state index in [1.807, 2.05) is 11.4 Å². The molecule has 0 bridgehead atoms. The van der Waals surface area contributed by atoms with Crippen molar-refractivity contribution in [2.45, 2.75) is 13.1 Å². The summed E-state index contributed by atoms with van der Waals surface area (Å²) in [4.78, 5) is 24.3. The molecule has 0 aliphatic carbocycles. The number of methoxy groups -OCH3 is 2. The van der Waals surface area contributed by atoms with Gasteiger partial charge in [0.2, 0.25) is 5.91 Å². The van der Waals surface area contributed by atoms with Crippen LogP contribution in [0.1, 0.15) is 5.56 Å². The summed E-state index contributed by atoms with van der Waals surface area (Å²) in [5.41, 5.74) is 0.374. The third kappa shape index (κ3) is 3.75. The van der Waals surface area contributed by atoms with Gasteiger partial charge in [-0.15, -0.1) is 11.3 Å². The number of amides is 1. The van der Waals surface area contributed by atoms with E-state index in [9.17, 15) is 9.59 Å². The first-order chi connectivity index (χ1) is 12.6. The van der Waals surface area contributed by atoms with Gasteiger partial charge in [0.25, 0.3) is 0 Å². The summed E-state index contributed by atoms with van der Waals surface area (Å²) in [6.07, 6.45) is 0. The van der Waals surface area contributed by atoms with Crippen LogP contribution in [-0.2, 0) is 17.9 Å². The van der Waals surface area contributed by atoms with Crippen LogP contribution in [0.2, 0.25) is 0 Å². The van der Waals surface area contributed by atoms with Crippen LogP contribution in [0.25, 0.3) is 5.00 Å². The van der Waals surface area contributed by atoms with Crippen LogP contribution in [0.3, 0.4) is 0 Å². The third-order valence-electron chi connectivity index (χ3n) is 3.59. The van der Waals surface area contributed by atoms with Crippen molar-refractivity contribution in [3.8, 4) is 16.5 Å². The molecule has 2 aromatic heterocycles. The molecule has 3 aromatic rings. The number of hydrogen-bond acceptors (Lipinski definition) is 7. The van der Waals surface area contributed by atoms with Crippen LogP contribution < -0.4 is 20.5 Å². The van der Waals surface area contributed by atoms with Gasteiger partial charge < -0.3 is 14.8 Å². The monoisotopic (exact) mass is 375 g/mol.